The Morgan fingerprint density at radius 1 is 1.29 bits per heavy atom. The van der Waals surface area contributed by atoms with Crippen LogP contribution in [0.1, 0.15) is 26.7 Å². The zero-order valence-corrected chi connectivity index (χ0v) is 17.3. The van der Waals surface area contributed by atoms with E-state index in [0.717, 1.165) is 6.42 Å². The number of pyridine rings is 1. The average Bonchev–Trinajstić information content (AvgIpc) is 3.40. The number of ether oxygens (including phenoxy) is 1. The van der Waals surface area contributed by atoms with Crippen LogP contribution in [0.3, 0.4) is 0 Å². The standard InChI is InChI=1S/C21H23FN6O3/c1-3-9-28-25-20(24-26-28)17-8-5-13(11-23-17)15-7-6-14(10-16(15)22)27-12-19(18(29)4-2)31-21(27)30/h5-8,10-11,18-19,29H,3-4,9,12H2,1-2H3/t18?,19-/m1/s1. The summed E-state index contributed by atoms with van der Waals surface area (Å²) in [5, 5.41) is 22.1. The van der Waals surface area contributed by atoms with Crippen molar-refractivity contribution in [2.24, 2.45) is 0 Å². The van der Waals surface area contributed by atoms with Gasteiger partial charge in [-0.05, 0) is 42.3 Å². The smallest absolute Gasteiger partial charge is 0.414 e. The molecule has 1 aromatic carbocycles. The van der Waals surface area contributed by atoms with Gasteiger partial charge in [-0.15, -0.1) is 10.2 Å². The zero-order valence-electron chi connectivity index (χ0n) is 17.3. The summed E-state index contributed by atoms with van der Waals surface area (Å²) in [6.45, 7) is 4.67. The minimum atomic E-state index is -0.749. The number of aromatic nitrogens is 5. The maximum absolute atomic E-state index is 14.9. The van der Waals surface area contributed by atoms with Gasteiger partial charge in [-0.25, -0.2) is 9.18 Å². The number of hydrogen-bond donors (Lipinski definition) is 1. The first-order valence-electron chi connectivity index (χ1n) is 10.2. The first kappa shape index (κ1) is 20.9. The van der Waals surface area contributed by atoms with Gasteiger partial charge < -0.3 is 9.84 Å². The lowest BCUT2D eigenvalue weighted by molar-refractivity contribution is 0.0308. The van der Waals surface area contributed by atoms with E-state index >= 15 is 0 Å². The van der Waals surface area contributed by atoms with Gasteiger partial charge in [0.15, 0.2) is 0 Å². The lowest BCUT2D eigenvalue weighted by Gasteiger charge is -2.16. The molecule has 0 aliphatic carbocycles. The Morgan fingerprint density at radius 2 is 2.13 bits per heavy atom. The molecule has 1 saturated heterocycles. The number of anilines is 1. The second-order valence-corrected chi connectivity index (χ2v) is 7.31. The average molecular weight is 426 g/mol. The van der Waals surface area contributed by atoms with Crippen LogP contribution in [0.2, 0.25) is 0 Å². The highest BCUT2D eigenvalue weighted by molar-refractivity contribution is 5.90. The second kappa shape index (κ2) is 8.76. The van der Waals surface area contributed by atoms with Crippen LogP contribution in [0.15, 0.2) is 36.5 Å². The molecule has 31 heavy (non-hydrogen) atoms. The number of benzene rings is 1. The normalized spacial score (nSPS) is 17.1. The molecule has 0 saturated carbocycles. The fourth-order valence-corrected chi connectivity index (χ4v) is 3.39. The van der Waals surface area contributed by atoms with Crippen LogP contribution in [-0.4, -0.2) is 55.1 Å². The summed E-state index contributed by atoms with van der Waals surface area (Å²) < 4.78 is 20.0. The molecule has 0 radical (unpaired) electrons. The Labute approximate surface area is 178 Å². The molecule has 1 aliphatic heterocycles. The van der Waals surface area contributed by atoms with Crippen molar-refractivity contribution in [1.82, 2.24) is 25.2 Å². The Kier molecular flexibility index (Phi) is 5.90. The van der Waals surface area contributed by atoms with Crippen LogP contribution in [-0.2, 0) is 11.3 Å². The Hall–Kier alpha value is -3.40. The molecule has 1 aliphatic rings. The number of hydrogen-bond acceptors (Lipinski definition) is 7. The quantitative estimate of drug-likeness (QED) is 0.619. The SMILES string of the molecule is CCCn1nnc(-c2ccc(-c3ccc(N4C[C@H](C(O)CC)OC4=O)cc3F)cn2)n1. The number of cyclic esters (lactones) is 1. The summed E-state index contributed by atoms with van der Waals surface area (Å²) in [6.07, 6.45) is 0.936. The van der Waals surface area contributed by atoms with Crippen LogP contribution in [0.4, 0.5) is 14.9 Å². The molecule has 9 nitrogen and oxygen atoms in total. The van der Waals surface area contributed by atoms with E-state index in [1.54, 1.807) is 37.4 Å². The summed E-state index contributed by atoms with van der Waals surface area (Å²) in [7, 11) is 0. The lowest BCUT2D eigenvalue weighted by Crippen LogP contribution is -2.30. The van der Waals surface area contributed by atoms with Crippen LogP contribution in [0.25, 0.3) is 22.6 Å². The molecule has 2 aromatic heterocycles. The number of carbonyl (C=O) groups excluding carboxylic acids is 1. The van der Waals surface area contributed by atoms with E-state index in [-0.39, 0.29) is 6.54 Å². The van der Waals surface area contributed by atoms with Crippen molar-refractivity contribution in [2.45, 2.75) is 45.4 Å². The van der Waals surface area contributed by atoms with Crippen molar-refractivity contribution in [3.05, 3.63) is 42.3 Å². The minimum absolute atomic E-state index is 0.175. The number of aliphatic hydroxyl groups excluding tert-OH is 1. The molecule has 162 valence electrons. The van der Waals surface area contributed by atoms with E-state index in [9.17, 15) is 14.3 Å². The fraction of sp³-hybridized carbons (Fsp3) is 0.381. The predicted molar refractivity (Wildman–Crippen MR) is 111 cm³/mol. The summed E-state index contributed by atoms with van der Waals surface area (Å²) >= 11 is 0. The van der Waals surface area contributed by atoms with Crippen molar-refractivity contribution in [2.75, 3.05) is 11.4 Å². The summed E-state index contributed by atoms with van der Waals surface area (Å²) in [4.78, 5) is 19.3. The molecule has 3 heterocycles. The minimum Gasteiger partial charge on any atom is -0.441 e. The third-order valence-corrected chi connectivity index (χ3v) is 5.13. The van der Waals surface area contributed by atoms with Crippen LogP contribution in [0.5, 0.6) is 0 Å². The molecule has 0 bridgehead atoms. The summed E-state index contributed by atoms with van der Waals surface area (Å²) in [5.41, 5.74) is 1.85. The van der Waals surface area contributed by atoms with Crippen LogP contribution < -0.4 is 4.90 Å². The molecule has 2 atom stereocenters. The third-order valence-electron chi connectivity index (χ3n) is 5.13. The number of amides is 1. The monoisotopic (exact) mass is 426 g/mol. The van der Waals surface area contributed by atoms with Gasteiger partial charge in [0.1, 0.15) is 17.6 Å². The highest BCUT2D eigenvalue weighted by atomic mass is 19.1. The molecule has 10 heteroatoms. The maximum atomic E-state index is 14.9. The van der Waals surface area contributed by atoms with E-state index < -0.39 is 24.1 Å². The molecule has 1 N–H and O–H groups in total. The fourth-order valence-electron chi connectivity index (χ4n) is 3.39. The van der Waals surface area contributed by atoms with Gasteiger partial charge in [-0.3, -0.25) is 9.88 Å². The zero-order chi connectivity index (χ0) is 22.0. The Bertz CT molecular complexity index is 1070. The van der Waals surface area contributed by atoms with Gasteiger partial charge >= 0.3 is 6.09 Å². The molecule has 1 unspecified atom stereocenters. The van der Waals surface area contributed by atoms with E-state index in [1.165, 1.54) is 15.8 Å². The number of rotatable bonds is 7. The lowest BCUT2D eigenvalue weighted by atomic mass is 10.1. The van der Waals surface area contributed by atoms with Gasteiger partial charge in [0.2, 0.25) is 5.82 Å². The number of halogens is 1. The number of aliphatic hydroxyl groups is 1. The van der Waals surface area contributed by atoms with E-state index in [4.69, 9.17) is 4.74 Å². The van der Waals surface area contributed by atoms with Gasteiger partial charge in [-0.1, -0.05) is 19.9 Å². The van der Waals surface area contributed by atoms with E-state index in [1.807, 2.05) is 6.92 Å². The number of aryl methyl sites for hydroxylation is 1. The van der Waals surface area contributed by atoms with Crippen molar-refractivity contribution >= 4 is 11.8 Å². The van der Waals surface area contributed by atoms with Crippen molar-refractivity contribution in [3.8, 4) is 22.6 Å². The van der Waals surface area contributed by atoms with Crippen LogP contribution in [0, 0.1) is 5.82 Å². The van der Waals surface area contributed by atoms with E-state index in [0.29, 0.717) is 41.3 Å². The Morgan fingerprint density at radius 3 is 2.81 bits per heavy atom. The van der Waals surface area contributed by atoms with Gasteiger partial charge in [-0.2, -0.15) is 4.80 Å². The maximum Gasteiger partial charge on any atom is 0.414 e. The highest BCUT2D eigenvalue weighted by Crippen LogP contribution is 2.30. The van der Waals surface area contributed by atoms with Gasteiger partial charge in [0.25, 0.3) is 0 Å². The van der Waals surface area contributed by atoms with Crippen molar-refractivity contribution in [1.29, 1.82) is 0 Å². The molecule has 0 spiro atoms. The van der Waals surface area contributed by atoms with Crippen LogP contribution >= 0.6 is 0 Å². The number of tetrazole rings is 1. The molecular formula is C21H23FN6O3. The third kappa shape index (κ3) is 4.24. The molecule has 3 aromatic rings. The predicted octanol–water partition coefficient (Wildman–Crippen LogP) is 3.05. The number of nitrogens with zero attached hydrogens (tertiary/aromatic N) is 6. The first-order valence-corrected chi connectivity index (χ1v) is 10.2. The first-order chi connectivity index (χ1) is 15.0. The summed E-state index contributed by atoms with van der Waals surface area (Å²) in [6, 6.07) is 7.96. The molecular weight excluding hydrogens is 403 g/mol. The molecule has 1 fully saturated rings. The topological polar surface area (TPSA) is 106 Å². The second-order valence-electron chi connectivity index (χ2n) is 7.31. The van der Waals surface area contributed by atoms with Crippen molar-refractivity contribution < 1.29 is 19.0 Å². The van der Waals surface area contributed by atoms with Crippen molar-refractivity contribution in [3.63, 3.8) is 0 Å². The summed E-state index contributed by atoms with van der Waals surface area (Å²) in [5.74, 6) is -0.0847. The highest BCUT2D eigenvalue weighted by Gasteiger charge is 2.36. The van der Waals surface area contributed by atoms with Gasteiger partial charge in [0, 0.05) is 17.3 Å². The Balaban J connectivity index is 1.52. The van der Waals surface area contributed by atoms with Gasteiger partial charge in [0.05, 0.1) is 24.9 Å². The molecule has 4 rings (SSSR count). The number of carbonyl (C=O) groups is 1. The van der Waals surface area contributed by atoms with E-state index in [2.05, 4.69) is 20.4 Å². The molecule has 1 amide bonds. The largest absolute Gasteiger partial charge is 0.441 e.